The number of aromatic amines is 1. The van der Waals surface area contributed by atoms with Crippen LogP contribution in [0.3, 0.4) is 0 Å². The summed E-state index contributed by atoms with van der Waals surface area (Å²) in [7, 11) is 0. The number of carbonyl (C=O) groups is 1. The van der Waals surface area contributed by atoms with Crippen molar-refractivity contribution in [3.8, 4) is 11.4 Å². The fourth-order valence-corrected chi connectivity index (χ4v) is 4.10. The third-order valence-electron chi connectivity index (χ3n) is 4.76. The lowest BCUT2D eigenvalue weighted by Crippen LogP contribution is -2.00. The number of rotatable bonds is 6. The van der Waals surface area contributed by atoms with E-state index in [1.165, 1.54) is 0 Å². The fraction of sp³-hybridized carbons (Fsp3) is 0.130. The zero-order chi connectivity index (χ0) is 20.4. The summed E-state index contributed by atoms with van der Waals surface area (Å²) in [6, 6.07) is 18.5. The number of carbonyl (C=O) groups excluding carboxylic acids is 1. The van der Waals surface area contributed by atoms with E-state index in [0.29, 0.717) is 38.4 Å². The van der Waals surface area contributed by atoms with Crippen molar-refractivity contribution in [2.45, 2.75) is 19.3 Å². The molecule has 0 spiro atoms. The van der Waals surface area contributed by atoms with E-state index in [1.807, 2.05) is 42.5 Å². The standard InChI is InChI=1S/C23H17Cl3N2O/c24-16-6-1-4-14(12-16)5-2-9-21(29)15-10-11-19-20(13-15)28-23(27-19)22-17(25)7-3-8-18(22)26/h1,3-4,6-8,10-13H,2,5,9H2,(H,27,28). The first-order valence-corrected chi connectivity index (χ1v) is 10.4. The number of benzene rings is 3. The van der Waals surface area contributed by atoms with Gasteiger partial charge in [-0.2, -0.15) is 0 Å². The molecule has 0 unspecified atom stereocenters. The number of ketones is 1. The maximum Gasteiger partial charge on any atom is 0.162 e. The Labute approximate surface area is 183 Å². The molecule has 0 fully saturated rings. The van der Waals surface area contributed by atoms with E-state index >= 15 is 0 Å². The molecule has 1 N–H and O–H groups in total. The van der Waals surface area contributed by atoms with Gasteiger partial charge < -0.3 is 4.98 Å². The van der Waals surface area contributed by atoms with Crippen LogP contribution in [0.4, 0.5) is 0 Å². The Morgan fingerprint density at radius 2 is 1.69 bits per heavy atom. The molecule has 1 heterocycles. The molecule has 4 aromatic rings. The third-order valence-corrected chi connectivity index (χ3v) is 5.63. The predicted molar refractivity (Wildman–Crippen MR) is 120 cm³/mol. The van der Waals surface area contributed by atoms with E-state index in [4.69, 9.17) is 34.8 Å². The molecule has 0 bridgehead atoms. The number of aryl methyl sites for hydroxylation is 1. The molecule has 0 saturated heterocycles. The molecule has 4 rings (SSSR count). The van der Waals surface area contributed by atoms with Crippen molar-refractivity contribution in [3.63, 3.8) is 0 Å². The first-order chi connectivity index (χ1) is 14.0. The summed E-state index contributed by atoms with van der Waals surface area (Å²) >= 11 is 18.6. The molecule has 3 aromatic carbocycles. The summed E-state index contributed by atoms with van der Waals surface area (Å²) in [5.74, 6) is 0.682. The van der Waals surface area contributed by atoms with E-state index in [1.54, 1.807) is 18.2 Å². The minimum absolute atomic E-state index is 0.0980. The Morgan fingerprint density at radius 1 is 0.931 bits per heavy atom. The smallest absolute Gasteiger partial charge is 0.162 e. The van der Waals surface area contributed by atoms with Gasteiger partial charge in [0.15, 0.2) is 5.78 Å². The fourth-order valence-electron chi connectivity index (χ4n) is 3.32. The second-order valence-corrected chi connectivity index (χ2v) is 8.07. The highest BCUT2D eigenvalue weighted by molar-refractivity contribution is 6.39. The molecule has 3 nitrogen and oxygen atoms in total. The van der Waals surface area contributed by atoms with Crippen molar-refractivity contribution in [1.29, 1.82) is 0 Å². The van der Waals surface area contributed by atoms with Crippen molar-refractivity contribution < 1.29 is 4.79 Å². The summed E-state index contributed by atoms with van der Waals surface area (Å²) in [6.45, 7) is 0. The number of nitrogens with one attached hydrogen (secondary N) is 1. The zero-order valence-corrected chi connectivity index (χ0v) is 17.7. The number of fused-ring (bicyclic) bond motifs is 1. The van der Waals surface area contributed by atoms with Gasteiger partial charge in [-0.15, -0.1) is 0 Å². The Kier molecular flexibility index (Phi) is 5.91. The van der Waals surface area contributed by atoms with Gasteiger partial charge in [-0.05, 0) is 60.9 Å². The number of imidazole rings is 1. The summed E-state index contributed by atoms with van der Waals surface area (Å²) in [6.07, 6.45) is 2.05. The van der Waals surface area contributed by atoms with Crippen molar-refractivity contribution in [1.82, 2.24) is 9.97 Å². The van der Waals surface area contributed by atoms with Gasteiger partial charge in [-0.25, -0.2) is 4.98 Å². The van der Waals surface area contributed by atoms with Gasteiger partial charge in [0.1, 0.15) is 5.82 Å². The largest absolute Gasteiger partial charge is 0.338 e. The molecular formula is C23H17Cl3N2O. The second kappa shape index (κ2) is 8.58. The topological polar surface area (TPSA) is 45.8 Å². The lowest BCUT2D eigenvalue weighted by Gasteiger charge is -2.03. The van der Waals surface area contributed by atoms with Gasteiger partial charge >= 0.3 is 0 Å². The van der Waals surface area contributed by atoms with Crippen LogP contribution >= 0.6 is 34.8 Å². The monoisotopic (exact) mass is 442 g/mol. The lowest BCUT2D eigenvalue weighted by molar-refractivity contribution is 0.0980. The van der Waals surface area contributed by atoms with Gasteiger partial charge in [0, 0.05) is 17.0 Å². The molecule has 0 amide bonds. The Hall–Kier alpha value is -2.33. The molecule has 0 aliphatic rings. The quantitative estimate of drug-likeness (QED) is 0.316. The molecule has 146 valence electrons. The number of H-pyrrole nitrogens is 1. The van der Waals surface area contributed by atoms with Crippen molar-refractivity contribution in [2.75, 3.05) is 0 Å². The van der Waals surface area contributed by atoms with Crippen LogP contribution in [-0.4, -0.2) is 15.8 Å². The zero-order valence-electron chi connectivity index (χ0n) is 15.4. The molecule has 6 heteroatoms. The van der Waals surface area contributed by atoms with Crippen LogP contribution in [0.2, 0.25) is 15.1 Å². The molecule has 0 saturated carbocycles. The van der Waals surface area contributed by atoms with Gasteiger partial charge in [0.05, 0.1) is 26.6 Å². The molecule has 0 radical (unpaired) electrons. The van der Waals surface area contributed by atoms with E-state index in [-0.39, 0.29) is 5.78 Å². The van der Waals surface area contributed by atoms with Crippen LogP contribution in [0.25, 0.3) is 22.4 Å². The minimum Gasteiger partial charge on any atom is -0.338 e. The average molecular weight is 444 g/mol. The van der Waals surface area contributed by atoms with E-state index in [9.17, 15) is 4.79 Å². The second-order valence-electron chi connectivity index (χ2n) is 6.82. The molecule has 1 aromatic heterocycles. The van der Waals surface area contributed by atoms with Crippen LogP contribution in [0.5, 0.6) is 0 Å². The molecule has 0 atom stereocenters. The summed E-state index contributed by atoms with van der Waals surface area (Å²) in [5.41, 5.74) is 3.98. The van der Waals surface area contributed by atoms with Gasteiger partial charge in [0.2, 0.25) is 0 Å². The third kappa shape index (κ3) is 4.48. The summed E-state index contributed by atoms with van der Waals surface area (Å²) in [4.78, 5) is 20.4. The van der Waals surface area contributed by atoms with E-state index in [0.717, 1.165) is 29.4 Å². The molecule has 0 aliphatic heterocycles. The number of Topliss-reactive ketones (excluding diaryl/α,β-unsaturated/α-hetero) is 1. The van der Waals surface area contributed by atoms with Crippen molar-refractivity contribution in [3.05, 3.63) is 86.9 Å². The van der Waals surface area contributed by atoms with Gasteiger partial charge in [-0.1, -0.05) is 53.0 Å². The number of nitrogens with zero attached hydrogens (tertiary/aromatic N) is 1. The molecule has 0 aliphatic carbocycles. The van der Waals surface area contributed by atoms with Crippen molar-refractivity contribution >= 4 is 51.6 Å². The highest BCUT2D eigenvalue weighted by Gasteiger charge is 2.14. The lowest BCUT2D eigenvalue weighted by atomic mass is 10.0. The number of hydrogen-bond donors (Lipinski definition) is 1. The average Bonchev–Trinajstić information content (AvgIpc) is 3.10. The Bertz CT molecular complexity index is 1180. The Balaban J connectivity index is 1.50. The first-order valence-electron chi connectivity index (χ1n) is 9.23. The first kappa shape index (κ1) is 20.0. The summed E-state index contributed by atoms with van der Waals surface area (Å²) in [5, 5.41) is 1.76. The normalized spacial score (nSPS) is 11.1. The van der Waals surface area contributed by atoms with Crippen molar-refractivity contribution in [2.24, 2.45) is 0 Å². The van der Waals surface area contributed by atoms with Crippen LogP contribution < -0.4 is 0 Å². The molecular weight excluding hydrogens is 427 g/mol. The predicted octanol–water partition coefficient (Wildman–Crippen LogP) is 7.40. The maximum absolute atomic E-state index is 12.6. The van der Waals surface area contributed by atoms with E-state index < -0.39 is 0 Å². The highest BCUT2D eigenvalue weighted by Crippen LogP contribution is 2.34. The number of aromatic nitrogens is 2. The SMILES string of the molecule is O=C(CCCc1cccc(Cl)c1)c1ccc2nc(-c3c(Cl)cccc3Cl)[nH]c2c1. The van der Waals surface area contributed by atoms with Crippen LogP contribution in [0.1, 0.15) is 28.8 Å². The molecule has 29 heavy (non-hydrogen) atoms. The number of halogens is 3. The van der Waals surface area contributed by atoms with Gasteiger partial charge in [0.25, 0.3) is 0 Å². The number of hydrogen-bond acceptors (Lipinski definition) is 2. The minimum atomic E-state index is 0.0980. The van der Waals surface area contributed by atoms with E-state index in [2.05, 4.69) is 9.97 Å². The van der Waals surface area contributed by atoms with Crippen LogP contribution in [-0.2, 0) is 6.42 Å². The van der Waals surface area contributed by atoms with Crippen LogP contribution in [0.15, 0.2) is 60.7 Å². The maximum atomic E-state index is 12.6. The van der Waals surface area contributed by atoms with Crippen LogP contribution in [0, 0.1) is 0 Å². The Morgan fingerprint density at radius 3 is 2.45 bits per heavy atom. The summed E-state index contributed by atoms with van der Waals surface area (Å²) < 4.78 is 0. The van der Waals surface area contributed by atoms with Gasteiger partial charge in [-0.3, -0.25) is 4.79 Å². The highest BCUT2D eigenvalue weighted by atomic mass is 35.5.